The second kappa shape index (κ2) is 5.31. The third-order valence-electron chi connectivity index (χ3n) is 3.14. The fourth-order valence-electron chi connectivity index (χ4n) is 1.86. The van der Waals surface area contributed by atoms with E-state index in [1.165, 1.54) is 4.90 Å². The van der Waals surface area contributed by atoms with Crippen LogP contribution in [0.15, 0.2) is 17.0 Å². The van der Waals surface area contributed by atoms with Gasteiger partial charge in [-0.15, -0.1) is 0 Å². The Bertz CT molecular complexity index is 659. The van der Waals surface area contributed by atoms with Crippen molar-refractivity contribution in [2.45, 2.75) is 17.7 Å². The number of amides is 1. The number of hydrogen-bond donors (Lipinski definition) is 1. The monoisotopic (exact) mass is 320 g/mol. The minimum atomic E-state index is -4.10. The van der Waals surface area contributed by atoms with Gasteiger partial charge in [-0.1, -0.05) is 11.6 Å². The van der Waals surface area contributed by atoms with Crippen LogP contribution in [0.4, 0.5) is 4.39 Å². The van der Waals surface area contributed by atoms with Crippen molar-refractivity contribution >= 4 is 27.5 Å². The lowest BCUT2D eigenvalue weighted by atomic mass is 10.2. The van der Waals surface area contributed by atoms with Crippen LogP contribution in [-0.4, -0.2) is 32.8 Å². The zero-order valence-electron chi connectivity index (χ0n) is 10.8. The van der Waals surface area contributed by atoms with E-state index in [2.05, 4.69) is 0 Å². The van der Waals surface area contributed by atoms with Gasteiger partial charge < -0.3 is 4.90 Å². The van der Waals surface area contributed by atoms with Crippen molar-refractivity contribution in [2.75, 3.05) is 13.6 Å². The van der Waals surface area contributed by atoms with Crippen LogP contribution in [0.5, 0.6) is 0 Å². The van der Waals surface area contributed by atoms with Crippen molar-refractivity contribution in [3.05, 3.63) is 28.5 Å². The van der Waals surface area contributed by atoms with Crippen LogP contribution < -0.4 is 5.14 Å². The molecule has 1 saturated carbocycles. The van der Waals surface area contributed by atoms with E-state index in [0.717, 1.165) is 18.9 Å². The molecule has 0 saturated heterocycles. The van der Waals surface area contributed by atoms with Gasteiger partial charge in [0.2, 0.25) is 10.0 Å². The van der Waals surface area contributed by atoms with E-state index in [-0.39, 0.29) is 5.56 Å². The first-order chi connectivity index (χ1) is 9.20. The Morgan fingerprint density at radius 2 is 2.10 bits per heavy atom. The van der Waals surface area contributed by atoms with Crippen molar-refractivity contribution in [1.82, 2.24) is 4.90 Å². The summed E-state index contributed by atoms with van der Waals surface area (Å²) >= 11 is 5.75. The Balaban J connectivity index is 2.38. The topological polar surface area (TPSA) is 80.5 Å². The lowest BCUT2D eigenvalue weighted by molar-refractivity contribution is 0.0788. The summed E-state index contributed by atoms with van der Waals surface area (Å²) in [6.45, 7) is 0.538. The normalized spacial score (nSPS) is 15.2. The molecule has 1 aliphatic rings. The molecule has 0 bridgehead atoms. The van der Waals surface area contributed by atoms with Gasteiger partial charge in [-0.25, -0.2) is 17.9 Å². The maximum atomic E-state index is 13.6. The number of benzene rings is 1. The quantitative estimate of drug-likeness (QED) is 0.915. The lowest BCUT2D eigenvalue weighted by Gasteiger charge is -2.18. The van der Waals surface area contributed by atoms with E-state index >= 15 is 0 Å². The molecule has 8 heteroatoms. The van der Waals surface area contributed by atoms with Gasteiger partial charge in [0.1, 0.15) is 5.82 Å². The minimum Gasteiger partial charge on any atom is -0.341 e. The molecule has 1 aromatic rings. The van der Waals surface area contributed by atoms with E-state index in [0.29, 0.717) is 18.5 Å². The molecular formula is C12H14ClFN2O3S. The number of rotatable bonds is 4. The van der Waals surface area contributed by atoms with E-state index < -0.39 is 31.7 Å². The number of carbonyl (C=O) groups excluding carboxylic acids is 1. The number of halogens is 2. The molecule has 1 fully saturated rings. The summed E-state index contributed by atoms with van der Waals surface area (Å²) in [6, 6.07) is 1.71. The first-order valence-corrected chi connectivity index (χ1v) is 7.90. The summed E-state index contributed by atoms with van der Waals surface area (Å²) in [7, 11) is -2.54. The van der Waals surface area contributed by atoms with Crippen molar-refractivity contribution in [1.29, 1.82) is 0 Å². The number of nitrogens with two attached hydrogens (primary N) is 1. The van der Waals surface area contributed by atoms with E-state index in [4.69, 9.17) is 16.7 Å². The highest BCUT2D eigenvalue weighted by molar-refractivity contribution is 7.89. The summed E-state index contributed by atoms with van der Waals surface area (Å²) < 4.78 is 36.2. The first-order valence-electron chi connectivity index (χ1n) is 5.97. The number of hydrogen-bond acceptors (Lipinski definition) is 3. The number of sulfonamides is 1. The predicted octanol–water partition coefficient (Wildman–Crippen LogP) is 1.61. The molecule has 0 unspecified atom stereocenters. The molecule has 0 radical (unpaired) electrons. The molecule has 0 atom stereocenters. The smallest absolute Gasteiger partial charge is 0.255 e. The molecule has 5 nitrogen and oxygen atoms in total. The Hall–Kier alpha value is -1.18. The van der Waals surface area contributed by atoms with Gasteiger partial charge >= 0.3 is 0 Å². The highest BCUT2D eigenvalue weighted by atomic mass is 35.5. The number of primary sulfonamides is 1. The SMILES string of the molecule is CN(CC1CC1)C(=O)c1cc(S(N)(=O)=O)cc(F)c1Cl. The molecule has 1 aliphatic carbocycles. The third kappa shape index (κ3) is 3.28. The summed E-state index contributed by atoms with van der Waals surface area (Å²) in [5, 5.41) is 4.55. The third-order valence-corrected chi connectivity index (χ3v) is 4.41. The highest BCUT2D eigenvalue weighted by Gasteiger charge is 2.27. The minimum absolute atomic E-state index is 0.196. The second-order valence-electron chi connectivity index (χ2n) is 4.94. The molecule has 0 aromatic heterocycles. The van der Waals surface area contributed by atoms with E-state index in [9.17, 15) is 17.6 Å². The molecule has 2 N–H and O–H groups in total. The Morgan fingerprint density at radius 3 is 2.60 bits per heavy atom. The van der Waals surface area contributed by atoms with Gasteiger partial charge in [-0.05, 0) is 30.9 Å². The van der Waals surface area contributed by atoms with Gasteiger partial charge in [0, 0.05) is 13.6 Å². The average molecular weight is 321 g/mol. The zero-order chi connectivity index (χ0) is 15.1. The lowest BCUT2D eigenvalue weighted by Crippen LogP contribution is -2.29. The molecule has 20 heavy (non-hydrogen) atoms. The summed E-state index contributed by atoms with van der Waals surface area (Å²) in [4.78, 5) is 13.1. The van der Waals surface area contributed by atoms with Crippen molar-refractivity contribution < 1.29 is 17.6 Å². The summed E-state index contributed by atoms with van der Waals surface area (Å²) in [5.41, 5.74) is -0.196. The molecule has 2 rings (SSSR count). The molecule has 1 amide bonds. The van der Waals surface area contributed by atoms with Crippen LogP contribution in [0.2, 0.25) is 5.02 Å². The highest BCUT2D eigenvalue weighted by Crippen LogP contribution is 2.31. The fraction of sp³-hybridized carbons (Fsp3) is 0.417. The molecule has 0 spiro atoms. The number of carbonyl (C=O) groups is 1. The van der Waals surface area contributed by atoms with Gasteiger partial charge in [0.25, 0.3) is 5.91 Å². The molecule has 0 aliphatic heterocycles. The maximum absolute atomic E-state index is 13.6. The Morgan fingerprint density at radius 1 is 1.50 bits per heavy atom. The van der Waals surface area contributed by atoms with Crippen LogP contribution in [0, 0.1) is 11.7 Å². The summed E-state index contributed by atoms with van der Waals surface area (Å²) in [5.74, 6) is -1.05. The standard InChI is InChI=1S/C12H14ClFN2O3S/c1-16(6-7-2-3-7)12(17)9-4-8(20(15,18)19)5-10(14)11(9)13/h4-5,7H,2-3,6H2,1H3,(H2,15,18,19). The fourth-order valence-corrected chi connectivity index (χ4v) is 2.60. The number of nitrogens with zero attached hydrogens (tertiary/aromatic N) is 1. The van der Waals surface area contributed by atoms with E-state index in [1.807, 2.05) is 0 Å². The van der Waals surface area contributed by atoms with Crippen LogP contribution in [0.3, 0.4) is 0 Å². The largest absolute Gasteiger partial charge is 0.341 e. The van der Waals surface area contributed by atoms with Gasteiger partial charge in [-0.3, -0.25) is 4.79 Å². The molecular weight excluding hydrogens is 307 g/mol. The predicted molar refractivity (Wildman–Crippen MR) is 72.5 cm³/mol. The molecule has 0 heterocycles. The van der Waals surface area contributed by atoms with Crippen molar-refractivity contribution in [3.63, 3.8) is 0 Å². The van der Waals surface area contributed by atoms with Crippen LogP contribution in [0.25, 0.3) is 0 Å². The van der Waals surface area contributed by atoms with Crippen molar-refractivity contribution in [3.8, 4) is 0 Å². The second-order valence-corrected chi connectivity index (χ2v) is 6.88. The van der Waals surface area contributed by atoms with Crippen LogP contribution >= 0.6 is 11.6 Å². The first kappa shape index (κ1) is 15.2. The van der Waals surface area contributed by atoms with E-state index in [1.54, 1.807) is 7.05 Å². The Kier molecular flexibility index (Phi) is 4.04. The van der Waals surface area contributed by atoms with Gasteiger partial charge in [0.05, 0.1) is 15.5 Å². The Labute approximate surface area is 121 Å². The van der Waals surface area contributed by atoms with Crippen LogP contribution in [-0.2, 0) is 10.0 Å². The summed E-state index contributed by atoms with van der Waals surface area (Å²) in [6.07, 6.45) is 2.11. The maximum Gasteiger partial charge on any atom is 0.255 e. The van der Waals surface area contributed by atoms with Crippen molar-refractivity contribution in [2.24, 2.45) is 11.1 Å². The average Bonchev–Trinajstić information content (AvgIpc) is 3.14. The molecule has 1 aromatic carbocycles. The zero-order valence-corrected chi connectivity index (χ0v) is 12.3. The van der Waals surface area contributed by atoms with Gasteiger partial charge in [0.15, 0.2) is 0 Å². The molecule has 110 valence electrons. The van der Waals surface area contributed by atoms with Crippen LogP contribution in [0.1, 0.15) is 23.2 Å². The van der Waals surface area contributed by atoms with Gasteiger partial charge in [-0.2, -0.15) is 0 Å².